The molecule has 0 N–H and O–H groups in total. The molecular formula is C26H22Cl2N2O3S. The molecule has 4 rings (SSSR count). The van der Waals surface area contributed by atoms with Crippen LogP contribution in [-0.2, 0) is 11.4 Å². The fourth-order valence-corrected chi connectivity index (χ4v) is 4.22. The van der Waals surface area contributed by atoms with Crippen molar-refractivity contribution in [3.05, 3.63) is 93.6 Å². The lowest BCUT2D eigenvalue weighted by Crippen LogP contribution is -2.31. The predicted molar refractivity (Wildman–Crippen MR) is 141 cm³/mol. The van der Waals surface area contributed by atoms with E-state index in [1.807, 2.05) is 61.5 Å². The fraction of sp³-hybridized carbons (Fsp3) is 0.154. The summed E-state index contributed by atoms with van der Waals surface area (Å²) in [7, 11) is 1.77. The number of hydrogen-bond acceptors (Lipinski definition) is 4. The van der Waals surface area contributed by atoms with E-state index >= 15 is 0 Å². The van der Waals surface area contributed by atoms with Crippen LogP contribution in [0.1, 0.15) is 18.1 Å². The summed E-state index contributed by atoms with van der Waals surface area (Å²) in [5, 5.41) is 1.46. The molecule has 3 aromatic rings. The SMILES string of the molecule is CCOc1ccc(N2C(=O)/C(=C/c3ccc(OCc4ccccc4Cl)c(Cl)c3)N(C)C2=S)cc1. The first kappa shape index (κ1) is 24.1. The second kappa shape index (κ2) is 10.5. The van der Waals surface area contributed by atoms with Gasteiger partial charge in [-0.25, -0.2) is 0 Å². The van der Waals surface area contributed by atoms with Gasteiger partial charge in [-0.2, -0.15) is 0 Å². The van der Waals surface area contributed by atoms with Gasteiger partial charge in [-0.3, -0.25) is 9.69 Å². The summed E-state index contributed by atoms with van der Waals surface area (Å²) in [5.74, 6) is 1.05. The van der Waals surface area contributed by atoms with Crippen molar-refractivity contribution >= 4 is 58.2 Å². The third kappa shape index (κ3) is 5.04. The van der Waals surface area contributed by atoms with Gasteiger partial charge >= 0.3 is 0 Å². The Bertz CT molecular complexity index is 1260. The van der Waals surface area contributed by atoms with Crippen LogP contribution in [0.25, 0.3) is 6.08 Å². The standard InChI is InChI=1S/C26H22Cl2N2O3S/c1-3-32-20-11-9-19(10-12-20)30-25(31)23(29(2)26(30)34)15-17-8-13-24(22(28)14-17)33-16-18-6-4-5-7-21(18)27/h4-15H,3,16H2,1-2H3/b23-15-. The molecule has 0 spiro atoms. The maximum Gasteiger partial charge on any atom is 0.281 e. The lowest BCUT2D eigenvalue weighted by molar-refractivity contribution is -0.114. The molecular weight excluding hydrogens is 491 g/mol. The highest BCUT2D eigenvalue weighted by Gasteiger charge is 2.36. The number of halogens is 2. The Morgan fingerprint density at radius 3 is 2.38 bits per heavy atom. The number of likely N-dealkylation sites (N-methyl/N-ethyl adjacent to an activating group) is 1. The summed E-state index contributed by atoms with van der Waals surface area (Å²) in [6, 6.07) is 20.1. The zero-order valence-corrected chi connectivity index (χ0v) is 21.0. The Labute approximate surface area is 214 Å². The van der Waals surface area contributed by atoms with Crippen molar-refractivity contribution in [2.75, 3.05) is 18.6 Å². The molecule has 0 aliphatic carbocycles. The fourth-order valence-electron chi connectivity index (χ4n) is 3.50. The molecule has 0 radical (unpaired) electrons. The minimum absolute atomic E-state index is 0.216. The van der Waals surface area contributed by atoms with E-state index < -0.39 is 0 Å². The largest absolute Gasteiger partial charge is 0.494 e. The number of nitrogens with zero attached hydrogens (tertiary/aromatic N) is 2. The smallest absolute Gasteiger partial charge is 0.281 e. The van der Waals surface area contributed by atoms with Crippen LogP contribution >= 0.6 is 35.4 Å². The lowest BCUT2D eigenvalue weighted by atomic mass is 10.1. The first-order chi connectivity index (χ1) is 16.4. The Kier molecular flexibility index (Phi) is 7.41. The van der Waals surface area contributed by atoms with E-state index in [2.05, 4.69) is 0 Å². The third-order valence-corrected chi connectivity index (χ3v) is 6.39. The van der Waals surface area contributed by atoms with E-state index in [9.17, 15) is 4.79 Å². The van der Waals surface area contributed by atoms with E-state index in [4.69, 9.17) is 44.9 Å². The van der Waals surface area contributed by atoms with Crippen LogP contribution in [0.2, 0.25) is 10.0 Å². The van der Waals surface area contributed by atoms with Crippen molar-refractivity contribution in [2.45, 2.75) is 13.5 Å². The molecule has 5 nitrogen and oxygen atoms in total. The highest BCUT2D eigenvalue weighted by atomic mass is 35.5. The van der Waals surface area contributed by atoms with E-state index in [-0.39, 0.29) is 5.91 Å². The number of hydrogen-bond donors (Lipinski definition) is 0. The van der Waals surface area contributed by atoms with Gasteiger partial charge in [-0.15, -0.1) is 0 Å². The van der Waals surface area contributed by atoms with Crippen LogP contribution in [0.15, 0.2) is 72.4 Å². The second-order valence-electron chi connectivity index (χ2n) is 7.51. The van der Waals surface area contributed by atoms with Crippen LogP contribution in [0.3, 0.4) is 0 Å². The van der Waals surface area contributed by atoms with Gasteiger partial charge < -0.3 is 14.4 Å². The molecule has 1 aliphatic rings. The summed E-state index contributed by atoms with van der Waals surface area (Å²) >= 11 is 18.2. The van der Waals surface area contributed by atoms with E-state index in [0.717, 1.165) is 16.9 Å². The van der Waals surface area contributed by atoms with Gasteiger partial charge in [-0.05, 0) is 73.2 Å². The number of ether oxygens (including phenoxy) is 2. The minimum atomic E-state index is -0.216. The summed E-state index contributed by atoms with van der Waals surface area (Å²) in [6.45, 7) is 2.79. The number of amides is 1. The highest BCUT2D eigenvalue weighted by Crippen LogP contribution is 2.32. The normalized spacial score (nSPS) is 14.8. The van der Waals surface area contributed by atoms with Gasteiger partial charge in [0.1, 0.15) is 23.8 Å². The zero-order chi connectivity index (χ0) is 24.2. The first-order valence-electron chi connectivity index (χ1n) is 10.6. The van der Waals surface area contributed by atoms with Crippen molar-refractivity contribution in [3.8, 4) is 11.5 Å². The Hall–Kier alpha value is -3.06. The maximum atomic E-state index is 13.2. The van der Waals surface area contributed by atoms with Gasteiger partial charge in [0.15, 0.2) is 5.11 Å². The first-order valence-corrected chi connectivity index (χ1v) is 11.8. The number of rotatable bonds is 7. The van der Waals surface area contributed by atoms with Crippen molar-refractivity contribution in [2.24, 2.45) is 0 Å². The number of anilines is 1. The quantitative estimate of drug-likeness (QED) is 0.264. The number of thiocarbonyl (C=S) groups is 1. The molecule has 1 fully saturated rings. The van der Waals surface area contributed by atoms with Gasteiger partial charge in [0.25, 0.3) is 5.91 Å². The van der Waals surface area contributed by atoms with Gasteiger partial charge in [0.05, 0.1) is 17.3 Å². The molecule has 0 saturated carbocycles. The minimum Gasteiger partial charge on any atom is -0.494 e. The molecule has 3 aromatic carbocycles. The summed E-state index contributed by atoms with van der Waals surface area (Å²) in [5.41, 5.74) is 2.74. The van der Waals surface area contributed by atoms with E-state index in [1.165, 1.54) is 4.90 Å². The molecule has 174 valence electrons. The molecule has 1 saturated heterocycles. The molecule has 0 atom stereocenters. The predicted octanol–water partition coefficient (Wildman–Crippen LogP) is 6.58. The number of carbonyl (C=O) groups is 1. The molecule has 0 bridgehead atoms. The van der Waals surface area contributed by atoms with Gasteiger partial charge in [0, 0.05) is 17.6 Å². The summed E-state index contributed by atoms with van der Waals surface area (Å²) < 4.78 is 11.3. The summed E-state index contributed by atoms with van der Waals surface area (Å²) in [6.07, 6.45) is 1.76. The van der Waals surface area contributed by atoms with Crippen LogP contribution in [0.5, 0.6) is 11.5 Å². The third-order valence-electron chi connectivity index (χ3n) is 5.27. The van der Waals surface area contributed by atoms with Crippen LogP contribution < -0.4 is 14.4 Å². The molecule has 0 aromatic heterocycles. The molecule has 8 heteroatoms. The average Bonchev–Trinajstić information content (AvgIpc) is 3.03. The molecule has 0 unspecified atom stereocenters. The van der Waals surface area contributed by atoms with Crippen LogP contribution in [0, 0.1) is 0 Å². The highest BCUT2D eigenvalue weighted by molar-refractivity contribution is 7.80. The van der Waals surface area contributed by atoms with Gasteiger partial charge in [0.2, 0.25) is 0 Å². The lowest BCUT2D eigenvalue weighted by Gasteiger charge is -2.16. The Morgan fingerprint density at radius 1 is 0.971 bits per heavy atom. The average molecular weight is 513 g/mol. The molecule has 1 heterocycles. The molecule has 34 heavy (non-hydrogen) atoms. The topological polar surface area (TPSA) is 42.0 Å². The van der Waals surface area contributed by atoms with Crippen molar-refractivity contribution in [1.82, 2.24) is 4.90 Å². The number of carbonyl (C=O) groups excluding carboxylic acids is 1. The second-order valence-corrected chi connectivity index (χ2v) is 8.69. The molecule has 1 amide bonds. The summed E-state index contributed by atoms with van der Waals surface area (Å²) in [4.78, 5) is 16.4. The zero-order valence-electron chi connectivity index (χ0n) is 18.6. The van der Waals surface area contributed by atoms with Crippen molar-refractivity contribution in [1.29, 1.82) is 0 Å². The van der Waals surface area contributed by atoms with E-state index in [1.54, 1.807) is 30.2 Å². The Morgan fingerprint density at radius 2 is 1.71 bits per heavy atom. The maximum absolute atomic E-state index is 13.2. The van der Waals surface area contributed by atoms with E-state index in [0.29, 0.717) is 45.5 Å². The monoisotopic (exact) mass is 512 g/mol. The van der Waals surface area contributed by atoms with Gasteiger partial charge in [-0.1, -0.05) is 47.5 Å². The number of benzene rings is 3. The van der Waals surface area contributed by atoms with Crippen molar-refractivity contribution in [3.63, 3.8) is 0 Å². The van der Waals surface area contributed by atoms with Crippen LogP contribution in [-0.4, -0.2) is 29.6 Å². The Balaban J connectivity index is 1.52. The molecule has 1 aliphatic heterocycles. The van der Waals surface area contributed by atoms with Crippen molar-refractivity contribution < 1.29 is 14.3 Å². The van der Waals surface area contributed by atoms with Crippen LogP contribution in [0.4, 0.5) is 5.69 Å².